The van der Waals surface area contributed by atoms with Crippen LogP contribution in [0.4, 0.5) is 4.39 Å². The van der Waals surface area contributed by atoms with Crippen LogP contribution < -0.4 is 5.32 Å². The van der Waals surface area contributed by atoms with E-state index in [1.54, 1.807) is 19.2 Å². The molecule has 0 heterocycles. The maximum absolute atomic E-state index is 13.0. The van der Waals surface area contributed by atoms with Gasteiger partial charge in [0.25, 0.3) is 0 Å². The van der Waals surface area contributed by atoms with Crippen molar-refractivity contribution in [1.29, 1.82) is 0 Å². The van der Waals surface area contributed by atoms with Crippen molar-refractivity contribution in [1.82, 2.24) is 10.2 Å². The Hall–Kier alpha value is -1.58. The average Bonchev–Trinajstić information content (AvgIpc) is 2.30. The number of benzene rings is 1. The van der Waals surface area contributed by atoms with Crippen LogP contribution in [0.15, 0.2) is 29.3 Å². The number of halogens is 1. The number of nitrogens with one attached hydrogen (secondary N) is 1. The third kappa shape index (κ3) is 4.43. The highest BCUT2D eigenvalue weighted by Gasteiger charge is 2.05. The minimum absolute atomic E-state index is 0.201. The zero-order valence-electron chi connectivity index (χ0n) is 10.7. The molecule has 0 saturated heterocycles. The standard InChI is InChI=1S/C13H20FN3/c1-4-8-16-13(15-2)17(3)10-11-6-5-7-12(14)9-11/h5-7,9H,4,8,10H2,1-3H3,(H,15,16). The molecule has 0 aromatic heterocycles. The SMILES string of the molecule is CCCNC(=NC)N(C)Cc1cccc(F)c1. The molecule has 3 nitrogen and oxygen atoms in total. The first-order chi connectivity index (χ1) is 8.17. The summed E-state index contributed by atoms with van der Waals surface area (Å²) in [5.74, 6) is 0.628. The molecule has 1 aromatic carbocycles. The monoisotopic (exact) mass is 237 g/mol. The third-order valence-electron chi connectivity index (χ3n) is 2.42. The Balaban J connectivity index is 2.61. The molecule has 1 rings (SSSR count). The van der Waals surface area contributed by atoms with Gasteiger partial charge in [-0.05, 0) is 24.1 Å². The number of guanidine groups is 1. The van der Waals surface area contributed by atoms with Crippen LogP contribution in [0.25, 0.3) is 0 Å². The van der Waals surface area contributed by atoms with Crippen molar-refractivity contribution in [3.63, 3.8) is 0 Å². The Morgan fingerprint density at radius 1 is 1.47 bits per heavy atom. The summed E-state index contributed by atoms with van der Waals surface area (Å²) in [6.07, 6.45) is 1.05. The van der Waals surface area contributed by atoms with Gasteiger partial charge in [0, 0.05) is 27.2 Å². The Bertz CT molecular complexity index is 377. The van der Waals surface area contributed by atoms with Crippen LogP contribution in [0.5, 0.6) is 0 Å². The summed E-state index contributed by atoms with van der Waals surface area (Å²) >= 11 is 0. The van der Waals surface area contributed by atoms with Gasteiger partial charge in [-0.1, -0.05) is 19.1 Å². The van der Waals surface area contributed by atoms with Crippen LogP contribution in [0, 0.1) is 5.82 Å². The van der Waals surface area contributed by atoms with Crippen molar-refractivity contribution < 1.29 is 4.39 Å². The Labute approximate surface area is 102 Å². The van der Waals surface area contributed by atoms with Gasteiger partial charge in [-0.2, -0.15) is 0 Å². The Morgan fingerprint density at radius 2 is 2.24 bits per heavy atom. The number of aliphatic imine (C=N–C) groups is 1. The fraction of sp³-hybridized carbons (Fsp3) is 0.462. The van der Waals surface area contributed by atoms with Gasteiger partial charge in [0.1, 0.15) is 5.82 Å². The van der Waals surface area contributed by atoms with Crippen molar-refractivity contribution in [3.05, 3.63) is 35.6 Å². The van der Waals surface area contributed by atoms with Gasteiger partial charge < -0.3 is 10.2 Å². The molecule has 1 aromatic rings. The first kappa shape index (κ1) is 13.5. The number of rotatable bonds is 4. The molecule has 1 N–H and O–H groups in total. The minimum Gasteiger partial charge on any atom is -0.356 e. The van der Waals surface area contributed by atoms with Crippen molar-refractivity contribution in [2.24, 2.45) is 4.99 Å². The third-order valence-corrected chi connectivity index (χ3v) is 2.42. The maximum Gasteiger partial charge on any atom is 0.193 e. The largest absolute Gasteiger partial charge is 0.356 e. The van der Waals surface area contributed by atoms with Gasteiger partial charge in [0.05, 0.1) is 0 Å². The zero-order valence-corrected chi connectivity index (χ0v) is 10.7. The van der Waals surface area contributed by atoms with Crippen LogP contribution in [0.2, 0.25) is 0 Å². The van der Waals surface area contributed by atoms with Gasteiger partial charge in [-0.3, -0.25) is 4.99 Å². The molecule has 0 spiro atoms. The molecule has 0 bridgehead atoms. The van der Waals surface area contributed by atoms with Gasteiger partial charge in [-0.25, -0.2) is 4.39 Å². The minimum atomic E-state index is -0.201. The van der Waals surface area contributed by atoms with Crippen LogP contribution in [-0.4, -0.2) is 31.5 Å². The Kier molecular flexibility index (Phi) is 5.46. The average molecular weight is 237 g/mol. The molecule has 0 atom stereocenters. The first-order valence-corrected chi connectivity index (χ1v) is 5.83. The second-order valence-electron chi connectivity index (χ2n) is 3.96. The van der Waals surface area contributed by atoms with Crippen LogP contribution in [-0.2, 0) is 6.54 Å². The second kappa shape index (κ2) is 6.89. The molecule has 0 amide bonds. The van der Waals surface area contributed by atoms with E-state index < -0.39 is 0 Å². The molecule has 0 saturated carbocycles. The Morgan fingerprint density at radius 3 is 2.82 bits per heavy atom. The lowest BCUT2D eigenvalue weighted by Gasteiger charge is -2.22. The smallest absolute Gasteiger partial charge is 0.193 e. The lowest BCUT2D eigenvalue weighted by Crippen LogP contribution is -2.38. The molecule has 0 unspecified atom stereocenters. The van der Waals surface area contributed by atoms with E-state index in [9.17, 15) is 4.39 Å². The summed E-state index contributed by atoms with van der Waals surface area (Å²) in [5.41, 5.74) is 0.937. The normalized spacial score (nSPS) is 11.4. The van der Waals surface area contributed by atoms with Crippen molar-refractivity contribution >= 4 is 5.96 Å². The second-order valence-corrected chi connectivity index (χ2v) is 3.96. The number of hydrogen-bond acceptors (Lipinski definition) is 1. The van der Waals surface area contributed by atoms with E-state index in [4.69, 9.17) is 0 Å². The van der Waals surface area contributed by atoms with Gasteiger partial charge in [-0.15, -0.1) is 0 Å². The summed E-state index contributed by atoms with van der Waals surface area (Å²) in [6, 6.07) is 6.63. The molecule has 0 aliphatic heterocycles. The van der Waals surface area contributed by atoms with E-state index >= 15 is 0 Å². The van der Waals surface area contributed by atoms with E-state index in [1.165, 1.54) is 6.07 Å². The number of nitrogens with zero attached hydrogens (tertiary/aromatic N) is 2. The van der Waals surface area contributed by atoms with Gasteiger partial charge >= 0.3 is 0 Å². The van der Waals surface area contributed by atoms with E-state index in [0.29, 0.717) is 6.54 Å². The maximum atomic E-state index is 13.0. The van der Waals surface area contributed by atoms with Crippen molar-refractivity contribution in [2.75, 3.05) is 20.6 Å². The lowest BCUT2D eigenvalue weighted by molar-refractivity contribution is 0.475. The molecular formula is C13H20FN3. The van der Waals surface area contributed by atoms with E-state index in [2.05, 4.69) is 17.2 Å². The first-order valence-electron chi connectivity index (χ1n) is 5.83. The molecule has 17 heavy (non-hydrogen) atoms. The highest BCUT2D eigenvalue weighted by Crippen LogP contribution is 2.06. The quantitative estimate of drug-likeness (QED) is 0.642. The summed E-state index contributed by atoms with van der Waals surface area (Å²) in [7, 11) is 3.69. The molecule has 0 radical (unpaired) electrons. The van der Waals surface area contributed by atoms with Gasteiger partial charge in [0.15, 0.2) is 5.96 Å². The lowest BCUT2D eigenvalue weighted by atomic mass is 10.2. The molecule has 0 fully saturated rings. The van der Waals surface area contributed by atoms with E-state index in [1.807, 2.05) is 18.0 Å². The molecule has 4 heteroatoms. The van der Waals surface area contributed by atoms with Crippen LogP contribution in [0.3, 0.4) is 0 Å². The van der Waals surface area contributed by atoms with E-state index in [-0.39, 0.29) is 5.82 Å². The van der Waals surface area contributed by atoms with Crippen molar-refractivity contribution in [2.45, 2.75) is 19.9 Å². The summed E-state index contributed by atoms with van der Waals surface area (Å²) < 4.78 is 13.0. The summed E-state index contributed by atoms with van der Waals surface area (Å²) in [6.45, 7) is 3.63. The van der Waals surface area contributed by atoms with Gasteiger partial charge in [0.2, 0.25) is 0 Å². The fourth-order valence-corrected chi connectivity index (χ4v) is 1.61. The zero-order chi connectivity index (χ0) is 12.7. The summed E-state index contributed by atoms with van der Waals surface area (Å²) in [4.78, 5) is 6.16. The molecular weight excluding hydrogens is 217 g/mol. The molecule has 0 aliphatic carbocycles. The fourth-order valence-electron chi connectivity index (χ4n) is 1.61. The predicted molar refractivity (Wildman–Crippen MR) is 69.5 cm³/mol. The van der Waals surface area contributed by atoms with E-state index in [0.717, 1.165) is 24.5 Å². The van der Waals surface area contributed by atoms with Crippen LogP contribution in [0.1, 0.15) is 18.9 Å². The topological polar surface area (TPSA) is 27.6 Å². The molecule has 0 aliphatic rings. The highest BCUT2D eigenvalue weighted by molar-refractivity contribution is 5.79. The summed E-state index contributed by atoms with van der Waals surface area (Å²) in [5, 5.41) is 3.24. The molecule has 94 valence electrons. The van der Waals surface area contributed by atoms with Crippen molar-refractivity contribution in [3.8, 4) is 0 Å². The van der Waals surface area contributed by atoms with Crippen LogP contribution >= 0.6 is 0 Å². The number of hydrogen-bond donors (Lipinski definition) is 1. The predicted octanol–water partition coefficient (Wildman–Crippen LogP) is 2.24. The highest BCUT2D eigenvalue weighted by atomic mass is 19.1.